The zero-order valence-corrected chi connectivity index (χ0v) is 11.3. The number of hydrogen-bond donors (Lipinski definition) is 1. The van der Waals surface area contributed by atoms with Gasteiger partial charge in [0.1, 0.15) is 5.82 Å². The van der Waals surface area contributed by atoms with E-state index in [0.29, 0.717) is 4.47 Å². The van der Waals surface area contributed by atoms with E-state index in [0.717, 1.165) is 30.0 Å². The van der Waals surface area contributed by atoms with Crippen LogP contribution in [0.1, 0.15) is 25.7 Å². The smallest absolute Gasteiger partial charge is 0.139 e. The second-order valence-corrected chi connectivity index (χ2v) is 6.30. The Labute approximate surface area is 110 Å². The summed E-state index contributed by atoms with van der Waals surface area (Å²) in [5.41, 5.74) is 0.897. The molecule has 0 spiro atoms. The van der Waals surface area contributed by atoms with Gasteiger partial charge in [-0.15, -0.1) is 0 Å². The van der Waals surface area contributed by atoms with Crippen molar-refractivity contribution in [2.24, 2.45) is 17.8 Å². The lowest BCUT2D eigenvalue weighted by molar-refractivity contribution is 0.348. The lowest BCUT2D eigenvalue weighted by atomic mass is 9.89. The van der Waals surface area contributed by atoms with Crippen molar-refractivity contribution in [1.82, 2.24) is 0 Å². The van der Waals surface area contributed by atoms with Gasteiger partial charge >= 0.3 is 0 Å². The molecule has 92 valence electrons. The molecule has 0 amide bonds. The number of hydrogen-bond acceptors (Lipinski definition) is 1. The third kappa shape index (κ3) is 2.35. The topological polar surface area (TPSA) is 12.0 Å². The van der Waals surface area contributed by atoms with Gasteiger partial charge < -0.3 is 5.32 Å². The highest BCUT2D eigenvalue weighted by Crippen LogP contribution is 2.48. The third-order valence-corrected chi connectivity index (χ3v) is 5.02. The zero-order valence-electron chi connectivity index (χ0n) is 9.76. The molecule has 0 aliphatic heterocycles. The average molecular weight is 298 g/mol. The molecule has 2 fully saturated rings. The number of nitrogens with one attached hydrogen (secondary N) is 1. The predicted octanol–water partition coefficient (Wildman–Crippen LogP) is 4.44. The summed E-state index contributed by atoms with van der Waals surface area (Å²) >= 11 is 3.17. The normalized spacial score (nSPS) is 30.8. The summed E-state index contributed by atoms with van der Waals surface area (Å²) in [5.74, 6) is 2.52. The molecule has 2 saturated carbocycles. The highest BCUT2D eigenvalue weighted by atomic mass is 79.9. The molecule has 3 unspecified atom stereocenters. The molecule has 1 aromatic rings. The summed E-state index contributed by atoms with van der Waals surface area (Å²) in [6.07, 6.45) is 5.65. The van der Waals surface area contributed by atoms with Gasteiger partial charge in [-0.05, 0) is 71.1 Å². The van der Waals surface area contributed by atoms with E-state index < -0.39 is 0 Å². The standard InChI is InChI=1S/C14H17BrFN/c15-13-4-3-12(7-14(13)16)17-8-11-6-9-1-2-10(11)5-9/h3-4,7,9-11,17H,1-2,5-6,8H2. The number of fused-ring (bicyclic) bond motifs is 2. The zero-order chi connectivity index (χ0) is 11.8. The first-order valence-electron chi connectivity index (χ1n) is 6.41. The highest BCUT2D eigenvalue weighted by molar-refractivity contribution is 9.10. The summed E-state index contributed by atoms with van der Waals surface area (Å²) < 4.78 is 13.9. The van der Waals surface area contributed by atoms with Gasteiger partial charge in [0.2, 0.25) is 0 Å². The summed E-state index contributed by atoms with van der Waals surface area (Å²) in [6, 6.07) is 5.26. The summed E-state index contributed by atoms with van der Waals surface area (Å²) in [4.78, 5) is 0. The molecule has 1 aromatic carbocycles. The van der Waals surface area contributed by atoms with Crippen LogP contribution in [0.5, 0.6) is 0 Å². The van der Waals surface area contributed by atoms with Crippen LogP contribution in [0.2, 0.25) is 0 Å². The lowest BCUT2D eigenvalue weighted by Crippen LogP contribution is -2.20. The molecule has 3 atom stereocenters. The maximum atomic E-state index is 13.3. The van der Waals surface area contributed by atoms with Crippen LogP contribution in [0, 0.1) is 23.6 Å². The molecule has 3 heteroatoms. The van der Waals surface area contributed by atoms with E-state index in [4.69, 9.17) is 0 Å². The summed E-state index contributed by atoms with van der Waals surface area (Å²) in [7, 11) is 0. The molecule has 1 nitrogen and oxygen atoms in total. The van der Waals surface area contributed by atoms with Gasteiger partial charge in [-0.3, -0.25) is 0 Å². The molecule has 0 aromatic heterocycles. The summed E-state index contributed by atoms with van der Waals surface area (Å²) in [5, 5.41) is 3.38. The quantitative estimate of drug-likeness (QED) is 0.870. The van der Waals surface area contributed by atoms with Gasteiger partial charge in [-0.1, -0.05) is 6.42 Å². The molecule has 3 rings (SSSR count). The molecule has 0 radical (unpaired) electrons. The van der Waals surface area contributed by atoms with Gasteiger partial charge in [0.25, 0.3) is 0 Å². The second-order valence-electron chi connectivity index (χ2n) is 5.44. The fraction of sp³-hybridized carbons (Fsp3) is 0.571. The van der Waals surface area contributed by atoms with E-state index in [2.05, 4.69) is 21.2 Å². The molecular formula is C14H17BrFN. The fourth-order valence-corrected chi connectivity index (χ4v) is 3.73. The number of benzene rings is 1. The van der Waals surface area contributed by atoms with Crippen LogP contribution < -0.4 is 5.32 Å². The van der Waals surface area contributed by atoms with Crippen molar-refractivity contribution in [3.05, 3.63) is 28.5 Å². The van der Waals surface area contributed by atoms with Crippen LogP contribution in [0.25, 0.3) is 0 Å². The van der Waals surface area contributed by atoms with Crippen molar-refractivity contribution >= 4 is 21.6 Å². The minimum atomic E-state index is -0.192. The van der Waals surface area contributed by atoms with Crippen LogP contribution in [-0.4, -0.2) is 6.54 Å². The Bertz CT molecular complexity index is 421. The number of halogens is 2. The van der Waals surface area contributed by atoms with E-state index in [9.17, 15) is 4.39 Å². The fourth-order valence-electron chi connectivity index (χ4n) is 3.48. The van der Waals surface area contributed by atoms with Gasteiger partial charge in [0, 0.05) is 12.2 Å². The van der Waals surface area contributed by atoms with Crippen molar-refractivity contribution in [2.75, 3.05) is 11.9 Å². The van der Waals surface area contributed by atoms with Crippen molar-refractivity contribution < 1.29 is 4.39 Å². The third-order valence-electron chi connectivity index (χ3n) is 4.37. The SMILES string of the molecule is Fc1cc(NCC2CC3CCC2C3)ccc1Br. The second kappa shape index (κ2) is 4.60. The molecule has 2 bridgehead atoms. The van der Waals surface area contributed by atoms with E-state index in [1.54, 1.807) is 12.1 Å². The van der Waals surface area contributed by atoms with Gasteiger partial charge in [0.15, 0.2) is 0 Å². The Morgan fingerprint density at radius 2 is 2.18 bits per heavy atom. The highest BCUT2D eigenvalue weighted by Gasteiger charge is 2.38. The molecule has 0 saturated heterocycles. The predicted molar refractivity (Wildman–Crippen MR) is 71.5 cm³/mol. The Balaban J connectivity index is 1.59. The average Bonchev–Trinajstić information content (AvgIpc) is 2.92. The molecule has 2 aliphatic carbocycles. The Hall–Kier alpha value is -0.570. The monoisotopic (exact) mass is 297 g/mol. The van der Waals surface area contributed by atoms with Crippen LogP contribution in [0.3, 0.4) is 0 Å². The van der Waals surface area contributed by atoms with Crippen molar-refractivity contribution in [3.8, 4) is 0 Å². The summed E-state index contributed by atoms with van der Waals surface area (Å²) in [6.45, 7) is 1.00. The molecule has 2 aliphatic rings. The van der Waals surface area contributed by atoms with Crippen LogP contribution >= 0.6 is 15.9 Å². The van der Waals surface area contributed by atoms with Crippen LogP contribution in [0.4, 0.5) is 10.1 Å². The first kappa shape index (κ1) is 11.5. The molecule has 17 heavy (non-hydrogen) atoms. The molecular weight excluding hydrogens is 281 g/mol. The Morgan fingerprint density at radius 1 is 1.29 bits per heavy atom. The molecule has 1 N–H and O–H groups in total. The van der Waals surface area contributed by atoms with Gasteiger partial charge in [-0.2, -0.15) is 0 Å². The lowest BCUT2D eigenvalue weighted by Gasteiger charge is -2.22. The number of rotatable bonds is 3. The Kier molecular flexibility index (Phi) is 3.12. The number of anilines is 1. The van der Waals surface area contributed by atoms with E-state index in [1.807, 2.05) is 6.07 Å². The van der Waals surface area contributed by atoms with Gasteiger partial charge in [-0.25, -0.2) is 4.39 Å². The first-order chi connectivity index (χ1) is 8.22. The maximum absolute atomic E-state index is 13.3. The van der Waals surface area contributed by atoms with Crippen LogP contribution in [0.15, 0.2) is 22.7 Å². The Morgan fingerprint density at radius 3 is 2.82 bits per heavy atom. The van der Waals surface area contributed by atoms with E-state index in [-0.39, 0.29) is 5.82 Å². The van der Waals surface area contributed by atoms with Gasteiger partial charge in [0.05, 0.1) is 4.47 Å². The van der Waals surface area contributed by atoms with E-state index in [1.165, 1.54) is 25.7 Å². The van der Waals surface area contributed by atoms with Crippen LogP contribution in [-0.2, 0) is 0 Å². The maximum Gasteiger partial charge on any atom is 0.139 e. The van der Waals surface area contributed by atoms with Crippen molar-refractivity contribution in [2.45, 2.75) is 25.7 Å². The largest absolute Gasteiger partial charge is 0.385 e. The van der Waals surface area contributed by atoms with Crippen molar-refractivity contribution in [3.63, 3.8) is 0 Å². The van der Waals surface area contributed by atoms with Crippen molar-refractivity contribution in [1.29, 1.82) is 0 Å². The van der Waals surface area contributed by atoms with E-state index >= 15 is 0 Å². The first-order valence-corrected chi connectivity index (χ1v) is 7.20. The molecule has 0 heterocycles. The minimum Gasteiger partial charge on any atom is -0.385 e. The minimum absolute atomic E-state index is 0.192.